The highest BCUT2D eigenvalue weighted by molar-refractivity contribution is 7.92. The molecule has 7 heteroatoms. The Morgan fingerprint density at radius 2 is 1.76 bits per heavy atom. The van der Waals surface area contributed by atoms with E-state index in [1.54, 1.807) is 12.1 Å². The summed E-state index contributed by atoms with van der Waals surface area (Å²) in [6.45, 7) is 1.90. The molecule has 0 heterocycles. The van der Waals surface area contributed by atoms with E-state index < -0.39 is 21.7 Å². The second-order valence-electron chi connectivity index (χ2n) is 7.19. The number of benzene rings is 2. The number of amides is 1. The smallest absolute Gasteiger partial charge is 0.264 e. The van der Waals surface area contributed by atoms with Crippen molar-refractivity contribution in [2.45, 2.75) is 37.5 Å². The maximum atomic E-state index is 13.3. The Hall–Kier alpha value is -2.67. The summed E-state index contributed by atoms with van der Waals surface area (Å²) in [6.07, 6.45) is 6.35. The largest absolute Gasteiger partial charge is 0.351 e. The lowest BCUT2D eigenvalue weighted by molar-refractivity contribution is -0.119. The Morgan fingerprint density at radius 1 is 1.07 bits per heavy atom. The molecule has 1 aliphatic rings. The highest BCUT2D eigenvalue weighted by Gasteiger charge is 2.27. The van der Waals surface area contributed by atoms with Crippen molar-refractivity contribution in [1.82, 2.24) is 5.32 Å². The number of carbonyl (C=O) groups is 1. The number of nitrogens with zero attached hydrogens (tertiary/aromatic N) is 1. The molecule has 3 rings (SSSR count). The van der Waals surface area contributed by atoms with E-state index in [-0.39, 0.29) is 17.1 Å². The first-order valence-electron chi connectivity index (χ1n) is 9.66. The zero-order chi connectivity index (χ0) is 20.9. The van der Waals surface area contributed by atoms with E-state index >= 15 is 0 Å². The van der Waals surface area contributed by atoms with Crippen LogP contribution in [0.2, 0.25) is 0 Å². The average molecular weight is 417 g/mol. The monoisotopic (exact) mass is 416 g/mol. The molecule has 29 heavy (non-hydrogen) atoms. The van der Waals surface area contributed by atoms with Crippen LogP contribution in [0.3, 0.4) is 0 Å². The summed E-state index contributed by atoms with van der Waals surface area (Å²) < 4.78 is 40.8. The van der Waals surface area contributed by atoms with Crippen LogP contribution < -0.4 is 9.62 Å². The van der Waals surface area contributed by atoms with Gasteiger partial charge in [0.25, 0.3) is 10.0 Å². The second-order valence-corrected chi connectivity index (χ2v) is 9.05. The molecule has 0 fully saturated rings. The van der Waals surface area contributed by atoms with Gasteiger partial charge in [0, 0.05) is 6.54 Å². The van der Waals surface area contributed by atoms with Gasteiger partial charge in [0.05, 0.1) is 10.6 Å². The van der Waals surface area contributed by atoms with E-state index in [0.29, 0.717) is 6.54 Å². The van der Waals surface area contributed by atoms with Gasteiger partial charge in [-0.2, -0.15) is 0 Å². The molecule has 0 atom stereocenters. The predicted octanol–water partition coefficient (Wildman–Crippen LogP) is 3.95. The molecule has 1 amide bonds. The average Bonchev–Trinajstić information content (AvgIpc) is 2.72. The lowest BCUT2D eigenvalue weighted by atomic mass is 10.00. The first kappa shape index (κ1) is 21.0. The van der Waals surface area contributed by atoms with E-state index in [4.69, 9.17) is 0 Å². The molecule has 0 saturated heterocycles. The third-order valence-corrected chi connectivity index (χ3v) is 6.70. The minimum atomic E-state index is -3.99. The minimum Gasteiger partial charge on any atom is -0.351 e. The van der Waals surface area contributed by atoms with Gasteiger partial charge in [-0.1, -0.05) is 29.3 Å². The van der Waals surface area contributed by atoms with Gasteiger partial charge in [0.2, 0.25) is 5.91 Å². The Kier molecular flexibility index (Phi) is 6.69. The van der Waals surface area contributed by atoms with E-state index in [1.807, 2.05) is 6.92 Å². The summed E-state index contributed by atoms with van der Waals surface area (Å²) in [6, 6.07) is 11.5. The Bertz CT molecular complexity index is 984. The van der Waals surface area contributed by atoms with Crippen molar-refractivity contribution in [2.24, 2.45) is 0 Å². The van der Waals surface area contributed by atoms with Crippen LogP contribution in [-0.2, 0) is 14.8 Å². The molecule has 0 saturated carbocycles. The van der Waals surface area contributed by atoms with E-state index in [1.165, 1.54) is 42.0 Å². The van der Waals surface area contributed by atoms with Crippen molar-refractivity contribution in [3.8, 4) is 0 Å². The predicted molar refractivity (Wildman–Crippen MR) is 112 cm³/mol. The maximum Gasteiger partial charge on any atom is 0.264 e. The number of carbonyl (C=O) groups excluding carboxylic acids is 1. The fourth-order valence-corrected chi connectivity index (χ4v) is 4.64. The molecule has 0 aliphatic heterocycles. The van der Waals surface area contributed by atoms with Gasteiger partial charge in [-0.05, 0) is 69.0 Å². The molecule has 0 unspecified atom stereocenters. The van der Waals surface area contributed by atoms with Crippen molar-refractivity contribution in [3.63, 3.8) is 0 Å². The summed E-state index contributed by atoms with van der Waals surface area (Å²) in [5.74, 6) is -0.883. The summed E-state index contributed by atoms with van der Waals surface area (Å²) in [5.41, 5.74) is 2.33. The van der Waals surface area contributed by atoms with Crippen LogP contribution in [0.5, 0.6) is 0 Å². The van der Waals surface area contributed by atoms with Crippen molar-refractivity contribution >= 4 is 21.6 Å². The first-order chi connectivity index (χ1) is 13.9. The van der Waals surface area contributed by atoms with Gasteiger partial charge in [-0.3, -0.25) is 9.10 Å². The van der Waals surface area contributed by atoms with Crippen molar-refractivity contribution in [3.05, 3.63) is 71.6 Å². The third-order valence-electron chi connectivity index (χ3n) is 4.91. The second kappa shape index (κ2) is 9.22. The van der Waals surface area contributed by atoms with E-state index in [9.17, 15) is 17.6 Å². The zero-order valence-electron chi connectivity index (χ0n) is 16.4. The van der Waals surface area contributed by atoms with E-state index in [2.05, 4.69) is 11.4 Å². The maximum absolute atomic E-state index is 13.3. The molecule has 0 bridgehead atoms. The molecule has 154 valence electrons. The molecule has 0 radical (unpaired) electrons. The Morgan fingerprint density at radius 3 is 2.38 bits per heavy atom. The minimum absolute atomic E-state index is 0.0789. The Balaban J connectivity index is 1.83. The van der Waals surface area contributed by atoms with Crippen molar-refractivity contribution in [2.75, 3.05) is 17.4 Å². The van der Waals surface area contributed by atoms with E-state index in [0.717, 1.165) is 35.6 Å². The van der Waals surface area contributed by atoms with Crippen LogP contribution in [0.25, 0.3) is 0 Å². The molecular weight excluding hydrogens is 391 g/mol. The molecule has 0 spiro atoms. The summed E-state index contributed by atoms with van der Waals surface area (Å²) in [4.78, 5) is 12.6. The fraction of sp³-hybridized carbons (Fsp3) is 0.318. The third kappa shape index (κ3) is 5.44. The summed E-state index contributed by atoms with van der Waals surface area (Å²) in [5, 5.41) is 2.81. The standard InChI is InChI=1S/C22H25FN2O3S/c1-17-7-13-21(14-8-17)29(27,28)25(20-11-9-19(23)10-12-20)16-22(26)24-15-18-5-3-2-4-6-18/h5,7-14H,2-4,6,15-16H2,1H3,(H,24,26). The van der Waals surface area contributed by atoms with Crippen LogP contribution >= 0.6 is 0 Å². The van der Waals surface area contributed by atoms with Gasteiger partial charge in [0.15, 0.2) is 0 Å². The number of halogens is 1. The van der Waals surface area contributed by atoms with Crippen LogP contribution in [0.15, 0.2) is 65.1 Å². The van der Waals surface area contributed by atoms with Crippen LogP contribution in [0.1, 0.15) is 31.2 Å². The lowest BCUT2D eigenvalue weighted by Crippen LogP contribution is -2.41. The van der Waals surface area contributed by atoms with Gasteiger partial charge < -0.3 is 5.32 Å². The zero-order valence-corrected chi connectivity index (χ0v) is 17.2. The van der Waals surface area contributed by atoms with Gasteiger partial charge >= 0.3 is 0 Å². The highest BCUT2D eigenvalue weighted by atomic mass is 32.2. The number of rotatable bonds is 7. The number of allylic oxidation sites excluding steroid dienone is 1. The number of aryl methyl sites for hydroxylation is 1. The van der Waals surface area contributed by atoms with Crippen molar-refractivity contribution in [1.29, 1.82) is 0 Å². The summed E-state index contributed by atoms with van der Waals surface area (Å²) in [7, 11) is -3.99. The Labute approximate surface area is 171 Å². The molecular formula is C22H25FN2O3S. The number of anilines is 1. The topological polar surface area (TPSA) is 66.5 Å². The summed E-state index contributed by atoms with van der Waals surface area (Å²) >= 11 is 0. The van der Waals surface area contributed by atoms with Crippen LogP contribution in [-0.4, -0.2) is 27.4 Å². The molecule has 5 nitrogen and oxygen atoms in total. The number of hydrogen-bond donors (Lipinski definition) is 1. The quantitative estimate of drug-likeness (QED) is 0.695. The van der Waals surface area contributed by atoms with Gasteiger partial charge in [0.1, 0.15) is 12.4 Å². The molecule has 1 N–H and O–H groups in total. The normalized spacial score (nSPS) is 14.2. The highest BCUT2D eigenvalue weighted by Crippen LogP contribution is 2.24. The number of hydrogen-bond acceptors (Lipinski definition) is 3. The molecule has 0 aromatic heterocycles. The SMILES string of the molecule is Cc1ccc(S(=O)(=O)N(CC(=O)NCC2=CCCCC2)c2ccc(F)cc2)cc1. The molecule has 2 aromatic carbocycles. The molecule has 1 aliphatic carbocycles. The molecule has 2 aromatic rings. The van der Waals surface area contributed by atoms with Gasteiger partial charge in [-0.15, -0.1) is 0 Å². The first-order valence-corrected chi connectivity index (χ1v) is 11.1. The van der Waals surface area contributed by atoms with Crippen molar-refractivity contribution < 1.29 is 17.6 Å². The fourth-order valence-electron chi connectivity index (χ4n) is 3.22. The number of nitrogens with one attached hydrogen (secondary N) is 1. The van der Waals surface area contributed by atoms with Crippen LogP contribution in [0.4, 0.5) is 10.1 Å². The lowest BCUT2D eigenvalue weighted by Gasteiger charge is -2.24. The number of sulfonamides is 1. The van der Waals surface area contributed by atoms with Gasteiger partial charge in [-0.25, -0.2) is 12.8 Å². The van der Waals surface area contributed by atoms with Crippen LogP contribution in [0, 0.1) is 12.7 Å².